The van der Waals surface area contributed by atoms with Gasteiger partial charge in [0.25, 0.3) is 0 Å². The second kappa shape index (κ2) is 4.62. The molecule has 0 unspecified atom stereocenters. The van der Waals surface area contributed by atoms with Crippen LogP contribution in [0.1, 0.15) is 11.1 Å². The van der Waals surface area contributed by atoms with Gasteiger partial charge >= 0.3 is 6.18 Å². The molecular formula is C11H12F4N2. The third-order valence-corrected chi connectivity index (χ3v) is 2.74. The van der Waals surface area contributed by atoms with Crippen LogP contribution in [0.3, 0.4) is 0 Å². The normalized spacial score (nSPS) is 16.9. The van der Waals surface area contributed by atoms with Gasteiger partial charge in [0.05, 0.1) is 5.56 Å². The van der Waals surface area contributed by atoms with Crippen LogP contribution in [0, 0.1) is 5.82 Å². The van der Waals surface area contributed by atoms with Crippen LogP contribution in [0.25, 0.3) is 0 Å². The van der Waals surface area contributed by atoms with E-state index in [9.17, 15) is 17.6 Å². The zero-order chi connectivity index (χ0) is 12.5. The Morgan fingerprint density at radius 1 is 1.29 bits per heavy atom. The predicted octanol–water partition coefficient (Wildman–Crippen LogP) is 1.91. The topological polar surface area (TPSA) is 24.1 Å². The molecule has 1 aromatic carbocycles. The van der Waals surface area contributed by atoms with Crippen molar-refractivity contribution in [1.82, 2.24) is 10.6 Å². The van der Waals surface area contributed by atoms with Crippen molar-refractivity contribution < 1.29 is 17.6 Å². The fourth-order valence-corrected chi connectivity index (χ4v) is 1.65. The first-order valence-corrected chi connectivity index (χ1v) is 5.26. The van der Waals surface area contributed by atoms with Crippen LogP contribution in [0.15, 0.2) is 18.2 Å². The van der Waals surface area contributed by atoms with Crippen LogP contribution >= 0.6 is 0 Å². The van der Waals surface area contributed by atoms with Crippen molar-refractivity contribution in [1.29, 1.82) is 0 Å². The van der Waals surface area contributed by atoms with Gasteiger partial charge in [0.15, 0.2) is 0 Å². The van der Waals surface area contributed by atoms with E-state index in [1.807, 2.05) is 0 Å². The highest BCUT2D eigenvalue weighted by Gasteiger charge is 2.33. The average molecular weight is 248 g/mol. The Balaban J connectivity index is 2.13. The average Bonchev–Trinajstić information content (AvgIpc) is 2.16. The number of rotatable bonds is 3. The van der Waals surface area contributed by atoms with Crippen LogP contribution in [0.4, 0.5) is 17.6 Å². The first kappa shape index (κ1) is 12.3. The molecule has 0 aliphatic carbocycles. The summed E-state index contributed by atoms with van der Waals surface area (Å²) < 4.78 is 50.7. The maximum atomic E-state index is 12.8. The Morgan fingerprint density at radius 2 is 2.00 bits per heavy atom. The van der Waals surface area contributed by atoms with Gasteiger partial charge in [-0.1, -0.05) is 6.07 Å². The molecule has 0 spiro atoms. The largest absolute Gasteiger partial charge is 0.416 e. The molecule has 0 bridgehead atoms. The fraction of sp³-hybridized carbons (Fsp3) is 0.455. The molecule has 0 amide bonds. The van der Waals surface area contributed by atoms with Gasteiger partial charge in [0.1, 0.15) is 5.82 Å². The minimum absolute atomic E-state index is 0.0748. The van der Waals surface area contributed by atoms with Gasteiger partial charge in [0, 0.05) is 25.7 Å². The Labute approximate surface area is 96.0 Å². The van der Waals surface area contributed by atoms with Crippen molar-refractivity contribution in [3.05, 3.63) is 35.1 Å². The van der Waals surface area contributed by atoms with E-state index in [1.165, 1.54) is 6.07 Å². The Kier molecular flexibility index (Phi) is 3.35. The number of hydrogen-bond acceptors (Lipinski definition) is 2. The maximum Gasteiger partial charge on any atom is 0.416 e. The standard InChI is InChI=1S/C11H12F4N2/c12-8-2-1-7(4-17-9-5-16-6-9)10(3-8)11(13,14)15/h1-3,9,16-17H,4-6H2. The molecule has 94 valence electrons. The second-order valence-corrected chi connectivity index (χ2v) is 4.04. The zero-order valence-corrected chi connectivity index (χ0v) is 8.94. The Bertz CT molecular complexity index is 399. The quantitative estimate of drug-likeness (QED) is 0.798. The molecule has 0 atom stereocenters. The molecule has 1 saturated heterocycles. The highest BCUT2D eigenvalue weighted by molar-refractivity contribution is 5.30. The van der Waals surface area contributed by atoms with Gasteiger partial charge in [-0.2, -0.15) is 13.2 Å². The number of alkyl halides is 3. The minimum Gasteiger partial charge on any atom is -0.314 e. The number of hydrogen-bond donors (Lipinski definition) is 2. The van der Waals surface area contributed by atoms with Crippen molar-refractivity contribution in [2.45, 2.75) is 18.8 Å². The van der Waals surface area contributed by atoms with E-state index in [4.69, 9.17) is 0 Å². The molecule has 0 aromatic heterocycles. The van der Waals surface area contributed by atoms with Gasteiger partial charge in [-0.15, -0.1) is 0 Å². The molecule has 1 fully saturated rings. The summed E-state index contributed by atoms with van der Waals surface area (Å²) in [7, 11) is 0. The van der Waals surface area contributed by atoms with E-state index in [0.717, 1.165) is 19.2 Å². The minimum atomic E-state index is -4.52. The van der Waals surface area contributed by atoms with E-state index in [1.54, 1.807) is 0 Å². The van der Waals surface area contributed by atoms with E-state index in [2.05, 4.69) is 10.6 Å². The van der Waals surface area contributed by atoms with Crippen molar-refractivity contribution in [3.8, 4) is 0 Å². The summed E-state index contributed by atoms with van der Waals surface area (Å²) in [4.78, 5) is 0. The summed E-state index contributed by atoms with van der Waals surface area (Å²) in [6.45, 7) is 1.60. The second-order valence-electron chi connectivity index (χ2n) is 4.04. The van der Waals surface area contributed by atoms with Gasteiger partial charge < -0.3 is 10.6 Å². The van der Waals surface area contributed by atoms with E-state index >= 15 is 0 Å². The number of benzene rings is 1. The third kappa shape index (κ3) is 2.95. The first-order chi connectivity index (χ1) is 7.97. The van der Waals surface area contributed by atoms with Crippen molar-refractivity contribution in [2.24, 2.45) is 0 Å². The lowest BCUT2D eigenvalue weighted by molar-refractivity contribution is -0.138. The van der Waals surface area contributed by atoms with Gasteiger partial charge in [-0.25, -0.2) is 4.39 Å². The number of halogens is 4. The Hall–Kier alpha value is -1.14. The van der Waals surface area contributed by atoms with E-state index in [-0.39, 0.29) is 18.2 Å². The Morgan fingerprint density at radius 3 is 2.53 bits per heavy atom. The highest BCUT2D eigenvalue weighted by Crippen LogP contribution is 2.32. The van der Waals surface area contributed by atoms with Crippen LogP contribution in [0.5, 0.6) is 0 Å². The van der Waals surface area contributed by atoms with E-state index < -0.39 is 17.6 Å². The fourth-order valence-electron chi connectivity index (χ4n) is 1.65. The van der Waals surface area contributed by atoms with Gasteiger partial charge in [-0.3, -0.25) is 0 Å². The molecule has 0 radical (unpaired) electrons. The summed E-state index contributed by atoms with van der Waals surface area (Å²) >= 11 is 0. The molecule has 2 rings (SSSR count). The molecule has 6 heteroatoms. The molecule has 1 heterocycles. The molecule has 0 saturated carbocycles. The first-order valence-electron chi connectivity index (χ1n) is 5.26. The SMILES string of the molecule is Fc1ccc(CNC2CNC2)c(C(F)(F)F)c1. The highest BCUT2D eigenvalue weighted by atomic mass is 19.4. The lowest BCUT2D eigenvalue weighted by Crippen LogP contribution is -2.55. The van der Waals surface area contributed by atoms with Crippen molar-refractivity contribution >= 4 is 0 Å². The van der Waals surface area contributed by atoms with Crippen molar-refractivity contribution in [2.75, 3.05) is 13.1 Å². The van der Waals surface area contributed by atoms with E-state index in [0.29, 0.717) is 6.07 Å². The van der Waals surface area contributed by atoms with Crippen LogP contribution in [-0.4, -0.2) is 19.1 Å². The third-order valence-electron chi connectivity index (χ3n) is 2.74. The monoisotopic (exact) mass is 248 g/mol. The molecule has 1 aliphatic rings. The van der Waals surface area contributed by atoms with Crippen LogP contribution < -0.4 is 10.6 Å². The molecule has 2 nitrogen and oxygen atoms in total. The number of nitrogens with one attached hydrogen (secondary N) is 2. The summed E-state index contributed by atoms with van der Waals surface area (Å²) in [5.74, 6) is -0.869. The lowest BCUT2D eigenvalue weighted by Gasteiger charge is -2.28. The molecular weight excluding hydrogens is 236 g/mol. The molecule has 1 aliphatic heterocycles. The van der Waals surface area contributed by atoms with Gasteiger partial charge in [-0.05, 0) is 17.7 Å². The summed E-state index contributed by atoms with van der Waals surface area (Å²) in [6, 6.07) is 2.96. The maximum absolute atomic E-state index is 12.8. The summed E-state index contributed by atoms with van der Waals surface area (Å²) in [5, 5.41) is 5.99. The molecule has 2 N–H and O–H groups in total. The van der Waals surface area contributed by atoms with Crippen molar-refractivity contribution in [3.63, 3.8) is 0 Å². The van der Waals surface area contributed by atoms with Gasteiger partial charge in [0.2, 0.25) is 0 Å². The lowest BCUT2D eigenvalue weighted by atomic mass is 10.1. The molecule has 1 aromatic rings. The molecule has 17 heavy (non-hydrogen) atoms. The summed E-state index contributed by atoms with van der Waals surface area (Å²) in [6.07, 6.45) is -4.52. The smallest absolute Gasteiger partial charge is 0.314 e. The van der Waals surface area contributed by atoms with Crippen LogP contribution in [-0.2, 0) is 12.7 Å². The zero-order valence-electron chi connectivity index (χ0n) is 8.94. The summed E-state index contributed by atoms with van der Waals surface area (Å²) in [5.41, 5.74) is -0.830. The predicted molar refractivity (Wildman–Crippen MR) is 54.9 cm³/mol. The van der Waals surface area contributed by atoms with Crippen LogP contribution in [0.2, 0.25) is 0 Å².